The molecule has 168 valence electrons. The van der Waals surface area contributed by atoms with E-state index < -0.39 is 27.2 Å². The number of primary amides is 1. The van der Waals surface area contributed by atoms with Crippen LogP contribution in [0.25, 0.3) is 10.6 Å². The first kappa shape index (κ1) is 22.6. The fraction of sp³-hybridized carbons (Fsp3) is 0.250. The predicted molar refractivity (Wildman–Crippen MR) is 123 cm³/mol. The molecule has 2 aromatic heterocycles. The molecule has 4 rings (SSSR count). The summed E-state index contributed by atoms with van der Waals surface area (Å²) in [6.07, 6.45) is 3.96. The van der Waals surface area contributed by atoms with Crippen molar-refractivity contribution >= 4 is 49.7 Å². The van der Waals surface area contributed by atoms with Gasteiger partial charge in [-0.05, 0) is 25.1 Å². The van der Waals surface area contributed by atoms with Gasteiger partial charge >= 0.3 is 0 Å². The van der Waals surface area contributed by atoms with Crippen LogP contribution in [-0.4, -0.2) is 45.6 Å². The predicted octanol–water partition coefficient (Wildman–Crippen LogP) is 2.78. The lowest BCUT2D eigenvalue weighted by Gasteiger charge is -2.25. The number of rotatable bonds is 7. The van der Waals surface area contributed by atoms with Crippen LogP contribution in [0.15, 0.2) is 48.8 Å². The standard InChI is InChI=1S/C20H20ClN5O4S2/c1-12(14-5-3-4-6-15(14)21)30-25-10-17(31-20(25)19(22)27)16-9-23-18-8-7-13(24-26(16)18)11-32(2,28)29/h3-10,12,20H,11H2,1-2H3,(H2,22,27). The maximum atomic E-state index is 12.1. The second kappa shape index (κ2) is 8.74. The number of carbonyl (C=O) groups excluding carboxylic acids is 1. The van der Waals surface area contributed by atoms with E-state index in [1.807, 2.05) is 25.1 Å². The Kier molecular flexibility index (Phi) is 6.17. The molecule has 1 aliphatic rings. The molecular weight excluding hydrogens is 474 g/mol. The molecule has 0 spiro atoms. The number of sulfone groups is 1. The third-order valence-corrected chi connectivity index (χ3v) is 7.06. The van der Waals surface area contributed by atoms with E-state index in [4.69, 9.17) is 22.2 Å². The number of thioether (sulfide) groups is 1. The van der Waals surface area contributed by atoms with E-state index in [-0.39, 0.29) is 5.75 Å². The number of amides is 1. The number of halogens is 1. The van der Waals surface area contributed by atoms with Gasteiger partial charge in [0, 0.05) is 23.0 Å². The van der Waals surface area contributed by atoms with Crippen molar-refractivity contribution in [2.75, 3.05) is 6.26 Å². The Balaban J connectivity index is 1.66. The van der Waals surface area contributed by atoms with Crippen LogP contribution >= 0.6 is 23.4 Å². The quantitative estimate of drug-likeness (QED) is 0.533. The topological polar surface area (TPSA) is 120 Å². The largest absolute Gasteiger partial charge is 0.367 e. The molecule has 1 aromatic carbocycles. The van der Waals surface area contributed by atoms with Gasteiger partial charge < -0.3 is 5.73 Å². The van der Waals surface area contributed by atoms with Gasteiger partial charge in [0.1, 0.15) is 11.8 Å². The van der Waals surface area contributed by atoms with Crippen molar-refractivity contribution in [3.05, 3.63) is 70.8 Å². The first-order valence-electron chi connectivity index (χ1n) is 9.51. The Hall–Kier alpha value is -2.60. The summed E-state index contributed by atoms with van der Waals surface area (Å²) in [7, 11) is -3.25. The summed E-state index contributed by atoms with van der Waals surface area (Å²) in [4.78, 5) is 23.1. The van der Waals surface area contributed by atoms with Crippen molar-refractivity contribution < 1.29 is 18.0 Å². The molecule has 1 aliphatic heterocycles. The molecule has 2 atom stereocenters. The maximum absolute atomic E-state index is 12.1. The number of fused-ring (bicyclic) bond motifs is 1. The summed E-state index contributed by atoms with van der Waals surface area (Å²) < 4.78 is 24.9. The van der Waals surface area contributed by atoms with Gasteiger partial charge in [0.05, 0.1) is 22.5 Å². The third kappa shape index (κ3) is 4.75. The number of nitrogens with zero attached hydrogens (tertiary/aromatic N) is 4. The van der Waals surface area contributed by atoms with E-state index in [2.05, 4.69) is 10.1 Å². The van der Waals surface area contributed by atoms with Crippen molar-refractivity contribution in [2.24, 2.45) is 5.73 Å². The zero-order valence-corrected chi connectivity index (χ0v) is 19.6. The highest BCUT2D eigenvalue weighted by atomic mass is 35.5. The summed E-state index contributed by atoms with van der Waals surface area (Å²) in [5, 5.41) is 5.55. The van der Waals surface area contributed by atoms with Crippen LogP contribution in [0.3, 0.4) is 0 Å². The van der Waals surface area contributed by atoms with Crippen molar-refractivity contribution in [2.45, 2.75) is 24.2 Å². The van der Waals surface area contributed by atoms with Crippen LogP contribution in [0.5, 0.6) is 0 Å². The third-order valence-electron chi connectivity index (χ3n) is 4.66. The molecule has 0 fully saturated rings. The van der Waals surface area contributed by atoms with E-state index >= 15 is 0 Å². The number of nitrogens with two attached hydrogens (primary N) is 1. The molecule has 0 bridgehead atoms. The minimum Gasteiger partial charge on any atom is -0.367 e. The Morgan fingerprint density at radius 3 is 2.75 bits per heavy atom. The molecule has 12 heteroatoms. The van der Waals surface area contributed by atoms with Crippen LogP contribution in [0, 0.1) is 0 Å². The van der Waals surface area contributed by atoms with Gasteiger partial charge in [-0.1, -0.05) is 41.6 Å². The Bertz CT molecular complexity index is 1320. The lowest BCUT2D eigenvalue weighted by molar-refractivity contribution is -0.171. The zero-order chi connectivity index (χ0) is 23.0. The number of carbonyl (C=O) groups is 1. The minimum absolute atomic E-state index is 0.193. The van der Waals surface area contributed by atoms with E-state index in [9.17, 15) is 13.2 Å². The summed E-state index contributed by atoms with van der Waals surface area (Å²) in [5.41, 5.74) is 7.89. The fourth-order valence-electron chi connectivity index (χ4n) is 3.25. The van der Waals surface area contributed by atoms with Crippen molar-refractivity contribution in [1.82, 2.24) is 19.7 Å². The number of hydrogen-bond donors (Lipinski definition) is 1. The lowest BCUT2D eigenvalue weighted by atomic mass is 10.1. The zero-order valence-electron chi connectivity index (χ0n) is 17.2. The van der Waals surface area contributed by atoms with E-state index in [1.165, 1.54) is 16.8 Å². The van der Waals surface area contributed by atoms with Crippen molar-refractivity contribution in [3.8, 4) is 0 Å². The number of benzene rings is 1. The molecule has 0 saturated carbocycles. The van der Waals surface area contributed by atoms with Gasteiger partial charge in [0.25, 0.3) is 5.91 Å². The van der Waals surface area contributed by atoms with Crippen LogP contribution in [-0.2, 0) is 25.2 Å². The highest BCUT2D eigenvalue weighted by Crippen LogP contribution is 2.41. The molecule has 1 amide bonds. The summed E-state index contributed by atoms with van der Waals surface area (Å²) in [6.45, 7) is 1.82. The van der Waals surface area contributed by atoms with E-state index in [0.29, 0.717) is 27.0 Å². The second-order valence-electron chi connectivity index (χ2n) is 7.30. The average molecular weight is 494 g/mol. The first-order chi connectivity index (χ1) is 15.1. The maximum Gasteiger partial charge on any atom is 0.253 e. The van der Waals surface area contributed by atoms with Crippen LogP contribution < -0.4 is 5.73 Å². The van der Waals surface area contributed by atoms with Gasteiger partial charge in [0.2, 0.25) is 0 Å². The Morgan fingerprint density at radius 2 is 2.06 bits per heavy atom. The number of aromatic nitrogens is 3. The van der Waals surface area contributed by atoms with Crippen molar-refractivity contribution in [3.63, 3.8) is 0 Å². The molecule has 0 radical (unpaired) electrons. The Morgan fingerprint density at radius 1 is 1.31 bits per heavy atom. The molecule has 0 aliphatic carbocycles. The second-order valence-corrected chi connectivity index (χ2v) is 11.0. The van der Waals surface area contributed by atoms with Crippen LogP contribution in [0.1, 0.15) is 30.0 Å². The molecule has 32 heavy (non-hydrogen) atoms. The fourth-order valence-corrected chi connectivity index (χ4v) is 5.23. The van der Waals surface area contributed by atoms with Gasteiger partial charge in [-0.2, -0.15) is 5.10 Å². The molecule has 9 nitrogen and oxygen atoms in total. The molecule has 0 saturated heterocycles. The number of hydrogen-bond acceptors (Lipinski definition) is 8. The summed E-state index contributed by atoms with van der Waals surface area (Å²) in [5.74, 6) is -0.770. The normalized spacial score (nSPS) is 17.5. The molecular formula is C20H20ClN5O4S2. The number of imidazole rings is 1. The SMILES string of the molecule is CC(ON1C=C(c2cnc3ccc(CS(C)(=O)=O)nn23)SC1C(N)=O)c1ccccc1Cl. The first-order valence-corrected chi connectivity index (χ1v) is 12.8. The van der Waals surface area contributed by atoms with Gasteiger partial charge in [-0.3, -0.25) is 9.63 Å². The van der Waals surface area contributed by atoms with Crippen LogP contribution in [0.2, 0.25) is 5.02 Å². The van der Waals surface area contributed by atoms with E-state index in [0.717, 1.165) is 11.8 Å². The molecule has 3 heterocycles. The summed E-state index contributed by atoms with van der Waals surface area (Å²) in [6, 6.07) is 10.6. The van der Waals surface area contributed by atoms with Gasteiger partial charge in [-0.25, -0.2) is 23.0 Å². The molecule has 2 unspecified atom stereocenters. The van der Waals surface area contributed by atoms with E-state index in [1.54, 1.807) is 35.1 Å². The molecule has 2 N–H and O–H groups in total. The monoisotopic (exact) mass is 493 g/mol. The minimum atomic E-state index is -3.25. The highest BCUT2D eigenvalue weighted by Gasteiger charge is 2.34. The Labute approximate surface area is 194 Å². The highest BCUT2D eigenvalue weighted by molar-refractivity contribution is 8.09. The van der Waals surface area contributed by atoms with Gasteiger partial charge in [0.15, 0.2) is 20.9 Å². The summed E-state index contributed by atoms with van der Waals surface area (Å²) >= 11 is 7.46. The lowest BCUT2D eigenvalue weighted by Crippen LogP contribution is -2.37. The molecule has 3 aromatic rings. The average Bonchev–Trinajstić information content (AvgIpc) is 3.30. The van der Waals surface area contributed by atoms with Crippen LogP contribution in [0.4, 0.5) is 0 Å². The van der Waals surface area contributed by atoms with Crippen molar-refractivity contribution in [1.29, 1.82) is 0 Å². The van der Waals surface area contributed by atoms with Gasteiger partial charge in [-0.15, -0.1) is 0 Å². The smallest absolute Gasteiger partial charge is 0.253 e. The number of hydroxylamine groups is 2.